The second-order valence-corrected chi connectivity index (χ2v) is 5.82. The topological polar surface area (TPSA) is 72.7 Å². The van der Waals surface area contributed by atoms with Crippen LogP contribution in [0.3, 0.4) is 0 Å². The number of amides is 1. The molecule has 3 aromatic rings. The lowest BCUT2D eigenvalue weighted by atomic mass is 10.1. The smallest absolute Gasteiger partial charge is 0.324 e. The number of rotatable bonds is 5. The summed E-state index contributed by atoms with van der Waals surface area (Å²) in [5.41, 5.74) is 1.10. The van der Waals surface area contributed by atoms with E-state index in [4.69, 9.17) is 0 Å². The summed E-state index contributed by atoms with van der Waals surface area (Å²) in [6.07, 6.45) is -3.62. The number of benzene rings is 2. The Morgan fingerprint density at radius 1 is 1.15 bits per heavy atom. The van der Waals surface area contributed by atoms with E-state index in [2.05, 4.69) is 20.7 Å². The number of aromatic nitrogens is 4. The SMILES string of the molecule is CCc1cccc(NC(=O)Cn2nnc(-c3cccc(C(F)(F)F)c3)n2)c1. The van der Waals surface area contributed by atoms with E-state index in [1.54, 1.807) is 6.07 Å². The maximum Gasteiger partial charge on any atom is 0.416 e. The van der Waals surface area contributed by atoms with Crippen molar-refractivity contribution in [3.05, 3.63) is 59.7 Å². The summed E-state index contributed by atoms with van der Waals surface area (Å²) in [5.74, 6) is -0.349. The molecule has 0 aliphatic carbocycles. The van der Waals surface area contributed by atoms with E-state index < -0.39 is 11.7 Å². The molecule has 1 heterocycles. The van der Waals surface area contributed by atoms with Gasteiger partial charge in [-0.15, -0.1) is 10.2 Å². The van der Waals surface area contributed by atoms with Crippen molar-refractivity contribution in [1.29, 1.82) is 0 Å². The molecule has 0 fully saturated rings. The van der Waals surface area contributed by atoms with Crippen molar-refractivity contribution >= 4 is 11.6 Å². The highest BCUT2D eigenvalue weighted by Gasteiger charge is 2.30. The average Bonchev–Trinajstić information content (AvgIpc) is 3.09. The fourth-order valence-electron chi connectivity index (χ4n) is 2.46. The van der Waals surface area contributed by atoms with Gasteiger partial charge in [0.15, 0.2) is 0 Å². The quantitative estimate of drug-likeness (QED) is 0.740. The Balaban J connectivity index is 1.70. The summed E-state index contributed by atoms with van der Waals surface area (Å²) in [4.78, 5) is 13.2. The third kappa shape index (κ3) is 4.69. The first-order valence-electron chi connectivity index (χ1n) is 8.19. The highest BCUT2D eigenvalue weighted by molar-refractivity contribution is 5.90. The van der Waals surface area contributed by atoms with Gasteiger partial charge < -0.3 is 5.32 Å². The normalized spacial score (nSPS) is 11.4. The molecular weight excluding hydrogens is 359 g/mol. The minimum Gasteiger partial charge on any atom is -0.324 e. The number of hydrogen-bond acceptors (Lipinski definition) is 4. The summed E-state index contributed by atoms with van der Waals surface area (Å²) in [7, 11) is 0. The minimum absolute atomic E-state index is 0.0156. The highest BCUT2D eigenvalue weighted by atomic mass is 19.4. The van der Waals surface area contributed by atoms with E-state index in [0.29, 0.717) is 5.69 Å². The molecule has 0 aliphatic rings. The Labute approximate surface area is 153 Å². The van der Waals surface area contributed by atoms with Crippen LogP contribution in [0.15, 0.2) is 48.5 Å². The van der Waals surface area contributed by atoms with Gasteiger partial charge in [0.2, 0.25) is 11.7 Å². The summed E-state index contributed by atoms with van der Waals surface area (Å²) in [6, 6.07) is 12.0. The lowest BCUT2D eigenvalue weighted by Gasteiger charge is -2.07. The van der Waals surface area contributed by atoms with Crippen LogP contribution in [-0.2, 0) is 23.9 Å². The zero-order chi connectivity index (χ0) is 19.4. The van der Waals surface area contributed by atoms with Crippen molar-refractivity contribution in [2.45, 2.75) is 26.1 Å². The molecule has 0 bridgehead atoms. The maximum atomic E-state index is 12.8. The Hall–Kier alpha value is -3.23. The number of hydrogen-bond donors (Lipinski definition) is 1. The van der Waals surface area contributed by atoms with Crippen molar-refractivity contribution in [3.8, 4) is 11.4 Å². The van der Waals surface area contributed by atoms with E-state index in [9.17, 15) is 18.0 Å². The third-order valence-corrected chi connectivity index (χ3v) is 3.80. The van der Waals surface area contributed by atoms with Crippen LogP contribution in [0.5, 0.6) is 0 Å². The molecule has 1 N–H and O–H groups in total. The number of carbonyl (C=O) groups excluding carboxylic acids is 1. The Morgan fingerprint density at radius 3 is 2.67 bits per heavy atom. The van der Waals surface area contributed by atoms with Crippen LogP contribution in [0, 0.1) is 0 Å². The monoisotopic (exact) mass is 375 g/mol. The summed E-state index contributed by atoms with van der Waals surface area (Å²) in [6.45, 7) is 1.80. The Bertz CT molecular complexity index is 952. The maximum absolute atomic E-state index is 12.8. The van der Waals surface area contributed by atoms with Gasteiger partial charge in [0.05, 0.1) is 5.56 Å². The molecule has 6 nitrogen and oxygen atoms in total. The van der Waals surface area contributed by atoms with Crippen molar-refractivity contribution in [1.82, 2.24) is 20.2 Å². The number of aryl methyl sites for hydroxylation is 1. The zero-order valence-corrected chi connectivity index (χ0v) is 14.4. The highest BCUT2D eigenvalue weighted by Crippen LogP contribution is 2.31. The number of alkyl halides is 3. The van der Waals surface area contributed by atoms with E-state index in [-0.39, 0.29) is 23.8 Å². The molecule has 0 spiro atoms. The second-order valence-electron chi connectivity index (χ2n) is 5.82. The predicted octanol–water partition coefficient (Wildman–Crippen LogP) is 3.56. The molecule has 140 valence electrons. The number of tetrazole rings is 1. The molecule has 27 heavy (non-hydrogen) atoms. The number of nitrogens with zero attached hydrogens (tertiary/aromatic N) is 4. The molecule has 0 aliphatic heterocycles. The molecular formula is C18H16F3N5O. The first-order valence-corrected chi connectivity index (χ1v) is 8.19. The van der Waals surface area contributed by atoms with Gasteiger partial charge in [-0.2, -0.15) is 18.0 Å². The molecule has 0 atom stereocenters. The third-order valence-electron chi connectivity index (χ3n) is 3.80. The van der Waals surface area contributed by atoms with Crippen molar-refractivity contribution < 1.29 is 18.0 Å². The number of nitrogens with one attached hydrogen (secondary N) is 1. The fourth-order valence-corrected chi connectivity index (χ4v) is 2.46. The van der Waals surface area contributed by atoms with Crippen molar-refractivity contribution in [2.24, 2.45) is 0 Å². The van der Waals surface area contributed by atoms with Gasteiger partial charge in [0, 0.05) is 11.3 Å². The lowest BCUT2D eigenvalue weighted by molar-refractivity contribution is -0.137. The lowest BCUT2D eigenvalue weighted by Crippen LogP contribution is -2.20. The first-order chi connectivity index (χ1) is 12.8. The second kappa shape index (κ2) is 7.56. The zero-order valence-electron chi connectivity index (χ0n) is 14.4. The number of carbonyl (C=O) groups is 1. The minimum atomic E-state index is -4.46. The van der Waals surface area contributed by atoms with Gasteiger partial charge in [-0.3, -0.25) is 4.79 Å². The number of anilines is 1. The molecule has 9 heteroatoms. The molecule has 0 saturated carbocycles. The standard InChI is InChI=1S/C18H16F3N5O/c1-2-12-5-3-8-15(9-12)22-16(27)11-26-24-17(23-25-26)13-6-4-7-14(10-13)18(19,20)21/h3-10H,2,11H2,1H3,(H,22,27). The van der Waals surface area contributed by atoms with Crippen LogP contribution >= 0.6 is 0 Å². The van der Waals surface area contributed by atoms with Crippen LogP contribution in [-0.4, -0.2) is 26.1 Å². The van der Waals surface area contributed by atoms with E-state index in [0.717, 1.165) is 28.9 Å². The molecule has 3 rings (SSSR count). The molecule has 1 aromatic heterocycles. The fraction of sp³-hybridized carbons (Fsp3) is 0.222. The summed E-state index contributed by atoms with van der Waals surface area (Å²) < 4.78 is 38.4. The predicted molar refractivity (Wildman–Crippen MR) is 92.7 cm³/mol. The van der Waals surface area contributed by atoms with E-state index in [1.807, 2.05) is 25.1 Å². The first kappa shape index (κ1) is 18.6. The largest absolute Gasteiger partial charge is 0.416 e. The van der Waals surface area contributed by atoms with Crippen LogP contribution in [0.4, 0.5) is 18.9 Å². The van der Waals surface area contributed by atoms with Crippen LogP contribution in [0.1, 0.15) is 18.1 Å². The molecule has 1 amide bonds. The van der Waals surface area contributed by atoms with Gasteiger partial charge in [0.1, 0.15) is 6.54 Å². The van der Waals surface area contributed by atoms with Gasteiger partial charge in [0.25, 0.3) is 0 Å². The molecule has 0 saturated heterocycles. The van der Waals surface area contributed by atoms with E-state index in [1.165, 1.54) is 12.1 Å². The van der Waals surface area contributed by atoms with Crippen molar-refractivity contribution in [3.63, 3.8) is 0 Å². The summed E-state index contributed by atoms with van der Waals surface area (Å²) >= 11 is 0. The Kier molecular flexibility index (Phi) is 5.20. The molecule has 2 aromatic carbocycles. The van der Waals surface area contributed by atoms with Crippen LogP contribution < -0.4 is 5.32 Å². The molecule has 0 unspecified atom stereocenters. The molecule has 0 radical (unpaired) electrons. The van der Waals surface area contributed by atoms with Crippen molar-refractivity contribution in [2.75, 3.05) is 5.32 Å². The number of halogens is 3. The van der Waals surface area contributed by atoms with E-state index >= 15 is 0 Å². The summed E-state index contributed by atoms with van der Waals surface area (Å²) in [5, 5.41) is 14.2. The average molecular weight is 375 g/mol. The Morgan fingerprint density at radius 2 is 1.93 bits per heavy atom. The van der Waals surface area contributed by atoms with Gasteiger partial charge in [-0.25, -0.2) is 0 Å². The van der Waals surface area contributed by atoms with Gasteiger partial charge in [-0.05, 0) is 41.5 Å². The van der Waals surface area contributed by atoms with Gasteiger partial charge >= 0.3 is 6.18 Å². The van der Waals surface area contributed by atoms with Gasteiger partial charge in [-0.1, -0.05) is 31.2 Å². The van der Waals surface area contributed by atoms with Crippen LogP contribution in [0.2, 0.25) is 0 Å². The van der Waals surface area contributed by atoms with Crippen LogP contribution in [0.25, 0.3) is 11.4 Å².